The first-order chi connectivity index (χ1) is 28.1. The lowest BCUT2D eigenvalue weighted by Gasteiger charge is -2.68. The molecule has 8 aliphatic rings. The van der Waals surface area contributed by atoms with Crippen LogP contribution in [-0.2, 0) is 22.4 Å². The van der Waals surface area contributed by atoms with E-state index in [0.717, 1.165) is 125 Å². The van der Waals surface area contributed by atoms with Gasteiger partial charge in [-0.3, -0.25) is 9.59 Å². The topological polar surface area (TPSA) is 123 Å². The Balaban J connectivity index is 0.942. The van der Waals surface area contributed by atoms with Crippen molar-refractivity contribution in [1.82, 2.24) is 0 Å². The van der Waals surface area contributed by atoms with E-state index in [2.05, 4.69) is 53.7 Å². The number of phenols is 1. The molecule has 8 nitrogen and oxygen atoms in total. The molecule has 0 bridgehead atoms. The number of ether oxygens (including phenoxy) is 3. The predicted molar refractivity (Wildman–Crippen MR) is 230 cm³/mol. The van der Waals surface area contributed by atoms with E-state index >= 15 is 0 Å². The predicted octanol–water partition coefficient (Wildman–Crippen LogP) is 12.0. The van der Waals surface area contributed by atoms with Crippen LogP contribution >= 0.6 is 0 Å². The van der Waals surface area contributed by atoms with Crippen LogP contribution in [0.4, 0.5) is 0 Å². The number of aliphatic carboxylic acids is 2. The summed E-state index contributed by atoms with van der Waals surface area (Å²) in [6, 6.07) is 9.88. The number of phenolic OH excluding ortho intramolecular Hbond substituents is 1. The largest absolute Gasteiger partial charge is 0.504 e. The molecular weight excluding hydrogens is 753 g/mol. The van der Waals surface area contributed by atoms with Crippen LogP contribution in [0.15, 0.2) is 30.3 Å². The Morgan fingerprint density at radius 3 is 1.63 bits per heavy atom. The van der Waals surface area contributed by atoms with E-state index in [1.54, 1.807) is 6.07 Å². The minimum atomic E-state index is -0.691. The van der Waals surface area contributed by atoms with Crippen molar-refractivity contribution in [1.29, 1.82) is 0 Å². The van der Waals surface area contributed by atoms with Gasteiger partial charge in [-0.25, -0.2) is 0 Å². The van der Waals surface area contributed by atoms with Crippen LogP contribution in [0, 0.1) is 68.0 Å². The maximum Gasteiger partial charge on any atom is 0.309 e. The normalized spacial score (nSPS) is 47.4. The van der Waals surface area contributed by atoms with Crippen molar-refractivity contribution < 1.29 is 39.1 Å². The zero-order chi connectivity index (χ0) is 42.6. The Hall–Kier alpha value is -3.42. The summed E-state index contributed by atoms with van der Waals surface area (Å²) in [5.74, 6) is 3.46. The number of carbonyl (C=O) groups is 2. The quantitative estimate of drug-likeness (QED) is 0.279. The Morgan fingerprint density at radius 1 is 0.583 bits per heavy atom. The van der Waals surface area contributed by atoms with E-state index in [1.807, 2.05) is 26.0 Å². The first-order valence-corrected chi connectivity index (χ1v) is 23.7. The van der Waals surface area contributed by atoms with E-state index in [1.165, 1.54) is 0 Å². The molecule has 2 heterocycles. The SMILES string of the molecule is CC12CCC3C(C)(CCC4C(C)(C(=O)O)CCCC43C)C1Cc1cc(Oc3ccc(O)c4c3CC3C(C)(CCC5C3(C)CCC3C(C)(C(=O)O)CCCC35C)O4)ccc1O2. The number of benzene rings is 2. The molecule has 0 amide bonds. The molecule has 2 aromatic rings. The molecule has 3 N–H and O–H groups in total. The molecule has 2 aromatic carbocycles. The van der Waals surface area contributed by atoms with Gasteiger partial charge in [0.2, 0.25) is 0 Å². The first kappa shape index (κ1) is 40.6. The van der Waals surface area contributed by atoms with E-state index < -0.39 is 28.4 Å². The lowest BCUT2D eigenvalue weighted by molar-refractivity contribution is -0.215. The lowest BCUT2D eigenvalue weighted by Crippen LogP contribution is -2.65. The third-order valence-electron chi connectivity index (χ3n) is 21.0. The lowest BCUT2D eigenvalue weighted by atomic mass is 9.37. The summed E-state index contributed by atoms with van der Waals surface area (Å²) in [5.41, 5.74) is -0.116. The van der Waals surface area contributed by atoms with Gasteiger partial charge >= 0.3 is 11.9 Å². The fraction of sp³-hybridized carbons (Fsp3) is 0.731. The van der Waals surface area contributed by atoms with E-state index in [9.17, 15) is 24.9 Å². The van der Waals surface area contributed by atoms with Crippen LogP contribution < -0.4 is 14.2 Å². The highest BCUT2D eigenvalue weighted by atomic mass is 16.5. The van der Waals surface area contributed by atoms with Crippen molar-refractivity contribution in [2.45, 2.75) is 169 Å². The summed E-state index contributed by atoms with van der Waals surface area (Å²) < 4.78 is 21.0. The molecule has 6 fully saturated rings. The number of hydrogen-bond donors (Lipinski definition) is 3. The fourth-order valence-electron chi connectivity index (χ4n) is 18.0. The Bertz CT molecular complexity index is 2150. The number of hydrogen-bond acceptors (Lipinski definition) is 6. The molecule has 10 rings (SSSR count). The van der Waals surface area contributed by atoms with Crippen molar-refractivity contribution in [2.24, 2.45) is 68.0 Å². The summed E-state index contributed by atoms with van der Waals surface area (Å²) in [4.78, 5) is 25.6. The average molecular weight is 823 g/mol. The van der Waals surface area contributed by atoms with Gasteiger partial charge in [0.25, 0.3) is 0 Å². The van der Waals surface area contributed by atoms with Crippen molar-refractivity contribution in [3.05, 3.63) is 41.5 Å². The van der Waals surface area contributed by atoms with Crippen LogP contribution in [0.2, 0.25) is 0 Å². The van der Waals surface area contributed by atoms with Gasteiger partial charge in [-0.2, -0.15) is 0 Å². The van der Waals surface area contributed by atoms with E-state index in [-0.39, 0.29) is 50.8 Å². The third-order valence-corrected chi connectivity index (χ3v) is 21.0. The third kappa shape index (κ3) is 5.26. The highest BCUT2D eigenvalue weighted by Crippen LogP contribution is 2.73. The Kier molecular flexibility index (Phi) is 8.69. The monoisotopic (exact) mass is 823 g/mol. The average Bonchev–Trinajstić information content (AvgIpc) is 3.17. The van der Waals surface area contributed by atoms with Gasteiger partial charge in [0.15, 0.2) is 11.5 Å². The number of carboxylic acid groups (broad SMARTS) is 2. The second kappa shape index (κ2) is 12.8. The molecule has 6 saturated carbocycles. The second-order valence-electron chi connectivity index (χ2n) is 23.6. The zero-order valence-corrected chi connectivity index (χ0v) is 37.5. The molecular formula is C52H70O8. The van der Waals surface area contributed by atoms with Crippen molar-refractivity contribution in [2.75, 3.05) is 0 Å². The van der Waals surface area contributed by atoms with E-state index in [0.29, 0.717) is 29.3 Å². The summed E-state index contributed by atoms with van der Waals surface area (Å²) in [6.45, 7) is 18.4. The van der Waals surface area contributed by atoms with Gasteiger partial charge in [-0.15, -0.1) is 0 Å². The maximum atomic E-state index is 12.8. The maximum absolute atomic E-state index is 12.8. The summed E-state index contributed by atoms with van der Waals surface area (Å²) >= 11 is 0. The molecule has 0 saturated heterocycles. The molecule has 60 heavy (non-hydrogen) atoms. The van der Waals surface area contributed by atoms with Gasteiger partial charge in [0.05, 0.1) is 10.8 Å². The molecule has 14 unspecified atom stereocenters. The minimum Gasteiger partial charge on any atom is -0.504 e. The summed E-state index contributed by atoms with van der Waals surface area (Å²) in [6.07, 6.45) is 15.0. The van der Waals surface area contributed by atoms with Crippen LogP contribution in [0.25, 0.3) is 0 Å². The van der Waals surface area contributed by atoms with Crippen molar-refractivity contribution in [3.63, 3.8) is 0 Å². The highest BCUT2D eigenvalue weighted by molar-refractivity contribution is 5.75. The van der Waals surface area contributed by atoms with Crippen LogP contribution in [0.5, 0.6) is 28.7 Å². The molecule has 14 atom stereocenters. The van der Waals surface area contributed by atoms with Gasteiger partial charge in [-0.05, 0) is 199 Å². The number of fused-ring (bicyclic) bond motifs is 12. The smallest absolute Gasteiger partial charge is 0.309 e. The zero-order valence-electron chi connectivity index (χ0n) is 37.5. The van der Waals surface area contributed by atoms with Crippen molar-refractivity contribution >= 4 is 11.9 Å². The van der Waals surface area contributed by atoms with Crippen LogP contribution in [0.3, 0.4) is 0 Å². The second-order valence-corrected chi connectivity index (χ2v) is 23.6. The van der Waals surface area contributed by atoms with Gasteiger partial charge < -0.3 is 29.5 Å². The molecule has 6 aliphatic carbocycles. The first-order valence-electron chi connectivity index (χ1n) is 23.7. The van der Waals surface area contributed by atoms with Crippen molar-refractivity contribution in [3.8, 4) is 28.7 Å². The fourth-order valence-corrected chi connectivity index (χ4v) is 18.0. The molecule has 0 aromatic heterocycles. The molecule has 8 heteroatoms. The standard InChI is InChI=1S/C52H70O8/c1-45-19-9-21-49(5,43(54)55)38(45)15-23-47(3)36(45)17-25-51(7)40(47)28-30-27-31(11-13-34(30)59-51)58-35-14-12-33(53)42-32(35)29-41-48(4)24-16-39-46(2,20-10-22-50(39,6)44(56)57)37(48)18-26-52(41,8)60-42/h11-14,27,36-41,53H,9-10,15-26,28-29H2,1-8H3,(H,54,55)(H,56,57). The van der Waals surface area contributed by atoms with Gasteiger partial charge in [0, 0.05) is 17.4 Å². The Morgan fingerprint density at radius 2 is 1.08 bits per heavy atom. The Labute approximate surface area is 357 Å². The van der Waals surface area contributed by atoms with Gasteiger partial charge in [0.1, 0.15) is 28.5 Å². The molecule has 326 valence electrons. The summed E-state index contributed by atoms with van der Waals surface area (Å²) in [7, 11) is 0. The number of carboxylic acids is 2. The number of aromatic hydroxyl groups is 1. The van der Waals surface area contributed by atoms with E-state index in [4.69, 9.17) is 14.2 Å². The summed E-state index contributed by atoms with van der Waals surface area (Å²) in [5, 5.41) is 32.3. The number of rotatable bonds is 4. The molecule has 0 spiro atoms. The van der Waals surface area contributed by atoms with Crippen LogP contribution in [-0.4, -0.2) is 38.5 Å². The molecule has 2 aliphatic heterocycles. The minimum absolute atomic E-state index is 0.0109. The van der Waals surface area contributed by atoms with Gasteiger partial charge in [-0.1, -0.05) is 40.5 Å². The molecule has 0 radical (unpaired) electrons. The highest BCUT2D eigenvalue weighted by Gasteiger charge is 2.69. The van der Waals surface area contributed by atoms with Crippen LogP contribution in [0.1, 0.15) is 156 Å².